The number of benzene rings is 1. The van der Waals surface area contributed by atoms with Crippen molar-refractivity contribution >= 4 is 11.9 Å². The fourth-order valence-corrected chi connectivity index (χ4v) is 2.32. The van der Waals surface area contributed by atoms with E-state index in [0.717, 1.165) is 5.56 Å². The van der Waals surface area contributed by atoms with E-state index in [1.54, 1.807) is 37.7 Å². The van der Waals surface area contributed by atoms with E-state index in [-0.39, 0.29) is 18.3 Å². The summed E-state index contributed by atoms with van der Waals surface area (Å²) in [6.45, 7) is 3.51. The Balaban J connectivity index is 1.76. The van der Waals surface area contributed by atoms with Gasteiger partial charge in [0.15, 0.2) is 6.61 Å². The Morgan fingerprint density at radius 1 is 1.25 bits per heavy atom. The van der Waals surface area contributed by atoms with Crippen molar-refractivity contribution in [1.82, 2.24) is 15.1 Å². The summed E-state index contributed by atoms with van der Waals surface area (Å²) in [5.74, 6) is -1.24. The monoisotopic (exact) mass is 333 g/mol. The summed E-state index contributed by atoms with van der Waals surface area (Å²) in [6, 6.07) is 6.07. The lowest BCUT2D eigenvalue weighted by atomic mass is 10.1. The maximum Gasteiger partial charge on any atom is 0.342 e. The predicted octanol–water partition coefficient (Wildman–Crippen LogP) is 1.69. The van der Waals surface area contributed by atoms with Crippen LogP contribution in [0.25, 0.3) is 0 Å². The highest BCUT2D eigenvalue weighted by Crippen LogP contribution is 2.13. The fraction of sp³-hybridized carbons (Fsp3) is 0.353. The van der Waals surface area contributed by atoms with Crippen molar-refractivity contribution in [3.8, 4) is 0 Å². The molecule has 24 heavy (non-hydrogen) atoms. The van der Waals surface area contributed by atoms with Crippen molar-refractivity contribution in [3.63, 3.8) is 0 Å². The summed E-state index contributed by atoms with van der Waals surface area (Å²) in [7, 11) is 1.74. The molecule has 1 amide bonds. The molecule has 128 valence electrons. The Morgan fingerprint density at radius 3 is 2.50 bits per heavy atom. The number of aryl methyl sites for hydroxylation is 2. The number of ether oxygens (including phenoxy) is 1. The molecule has 0 aliphatic rings. The number of hydrogen-bond donors (Lipinski definition) is 1. The molecule has 1 heterocycles. The van der Waals surface area contributed by atoms with Gasteiger partial charge in [0, 0.05) is 19.3 Å². The summed E-state index contributed by atoms with van der Waals surface area (Å²) in [5.41, 5.74) is 2.55. The fourth-order valence-electron chi connectivity index (χ4n) is 2.32. The van der Waals surface area contributed by atoms with E-state index in [9.17, 15) is 14.0 Å². The van der Waals surface area contributed by atoms with Crippen LogP contribution in [0, 0.1) is 19.7 Å². The third-order valence-corrected chi connectivity index (χ3v) is 3.70. The summed E-state index contributed by atoms with van der Waals surface area (Å²) < 4.78 is 19.4. The van der Waals surface area contributed by atoms with Gasteiger partial charge in [0.25, 0.3) is 5.91 Å². The number of esters is 1. The van der Waals surface area contributed by atoms with E-state index >= 15 is 0 Å². The van der Waals surface area contributed by atoms with E-state index in [2.05, 4.69) is 10.4 Å². The minimum atomic E-state index is -0.563. The zero-order chi connectivity index (χ0) is 17.7. The number of aromatic nitrogens is 2. The molecule has 0 fully saturated rings. The van der Waals surface area contributed by atoms with Crippen molar-refractivity contribution < 1.29 is 18.7 Å². The standard InChI is InChI=1S/C17H20FN3O3/c1-11-16(12(2)21(3)20-11)17(23)24-10-15(22)19-9-8-13-4-6-14(18)7-5-13/h4-7H,8-10H2,1-3H3,(H,19,22). The maximum absolute atomic E-state index is 12.8. The number of hydrogen-bond acceptors (Lipinski definition) is 4. The van der Waals surface area contributed by atoms with E-state index in [1.165, 1.54) is 12.1 Å². The van der Waals surface area contributed by atoms with Gasteiger partial charge in [0.1, 0.15) is 11.4 Å². The zero-order valence-electron chi connectivity index (χ0n) is 13.9. The van der Waals surface area contributed by atoms with Crippen LogP contribution in [0.3, 0.4) is 0 Å². The van der Waals surface area contributed by atoms with Gasteiger partial charge >= 0.3 is 5.97 Å². The maximum atomic E-state index is 12.8. The minimum absolute atomic E-state index is 0.296. The Labute approximate surface area is 139 Å². The van der Waals surface area contributed by atoms with Gasteiger partial charge in [-0.3, -0.25) is 9.48 Å². The topological polar surface area (TPSA) is 73.2 Å². The number of carbonyl (C=O) groups excluding carboxylic acids is 2. The third-order valence-electron chi connectivity index (χ3n) is 3.70. The van der Waals surface area contributed by atoms with Crippen LogP contribution in [0.15, 0.2) is 24.3 Å². The molecule has 1 aromatic heterocycles. The first-order valence-electron chi connectivity index (χ1n) is 7.57. The molecule has 0 unspecified atom stereocenters. The Hall–Kier alpha value is -2.70. The summed E-state index contributed by atoms with van der Waals surface area (Å²) in [5, 5.41) is 6.79. The largest absolute Gasteiger partial charge is 0.452 e. The van der Waals surface area contributed by atoms with Crippen LogP contribution in [0.1, 0.15) is 27.3 Å². The SMILES string of the molecule is Cc1nn(C)c(C)c1C(=O)OCC(=O)NCCc1ccc(F)cc1. The number of rotatable bonds is 6. The second-order valence-electron chi connectivity index (χ2n) is 5.47. The Bertz CT molecular complexity index is 738. The molecule has 0 saturated carbocycles. The molecule has 1 N–H and O–H groups in total. The molecule has 0 aliphatic heterocycles. The average Bonchev–Trinajstić information content (AvgIpc) is 2.80. The van der Waals surface area contributed by atoms with Crippen LogP contribution in [0.4, 0.5) is 4.39 Å². The molecule has 2 rings (SSSR count). The van der Waals surface area contributed by atoms with Gasteiger partial charge in [-0.25, -0.2) is 9.18 Å². The second-order valence-corrected chi connectivity index (χ2v) is 5.47. The van der Waals surface area contributed by atoms with E-state index in [1.807, 2.05) is 0 Å². The molecular formula is C17H20FN3O3. The predicted molar refractivity (Wildman–Crippen MR) is 86.1 cm³/mol. The number of halogens is 1. The smallest absolute Gasteiger partial charge is 0.342 e. The first-order valence-corrected chi connectivity index (χ1v) is 7.57. The van der Waals surface area contributed by atoms with Crippen LogP contribution < -0.4 is 5.32 Å². The molecule has 2 aromatic rings. The number of amides is 1. The first kappa shape index (κ1) is 17.7. The highest BCUT2D eigenvalue weighted by molar-refractivity contribution is 5.93. The van der Waals surface area contributed by atoms with Crippen molar-refractivity contribution in [2.24, 2.45) is 7.05 Å². The molecule has 0 radical (unpaired) electrons. The van der Waals surface area contributed by atoms with Crippen LogP contribution in [-0.2, 0) is 23.0 Å². The Morgan fingerprint density at radius 2 is 1.92 bits per heavy atom. The number of carbonyl (C=O) groups is 2. The molecule has 6 nitrogen and oxygen atoms in total. The average molecular weight is 333 g/mol. The van der Waals surface area contributed by atoms with Crippen LogP contribution >= 0.6 is 0 Å². The summed E-state index contributed by atoms with van der Waals surface area (Å²) in [6.07, 6.45) is 0.570. The molecule has 0 saturated heterocycles. The van der Waals surface area contributed by atoms with E-state index < -0.39 is 5.97 Å². The van der Waals surface area contributed by atoms with E-state index in [4.69, 9.17) is 4.74 Å². The van der Waals surface area contributed by atoms with E-state index in [0.29, 0.717) is 29.9 Å². The van der Waals surface area contributed by atoms with Crippen molar-refractivity contribution in [3.05, 3.63) is 52.6 Å². The Kier molecular flexibility index (Phi) is 5.68. The second kappa shape index (κ2) is 7.72. The number of nitrogens with one attached hydrogen (secondary N) is 1. The zero-order valence-corrected chi connectivity index (χ0v) is 13.9. The normalized spacial score (nSPS) is 10.5. The van der Waals surface area contributed by atoms with Gasteiger partial charge in [0.2, 0.25) is 0 Å². The van der Waals surface area contributed by atoms with Crippen molar-refractivity contribution in [2.75, 3.05) is 13.2 Å². The van der Waals surface area contributed by atoms with Crippen LogP contribution in [0.2, 0.25) is 0 Å². The third kappa shape index (κ3) is 4.41. The lowest BCUT2D eigenvalue weighted by molar-refractivity contribution is -0.124. The van der Waals surface area contributed by atoms with Gasteiger partial charge in [-0.1, -0.05) is 12.1 Å². The van der Waals surface area contributed by atoms with Crippen molar-refractivity contribution in [1.29, 1.82) is 0 Å². The van der Waals surface area contributed by atoms with Crippen molar-refractivity contribution in [2.45, 2.75) is 20.3 Å². The molecular weight excluding hydrogens is 313 g/mol. The highest BCUT2D eigenvalue weighted by atomic mass is 19.1. The van der Waals surface area contributed by atoms with Gasteiger partial charge < -0.3 is 10.1 Å². The molecule has 7 heteroatoms. The van der Waals surface area contributed by atoms with Crippen LogP contribution in [0.5, 0.6) is 0 Å². The molecule has 0 bridgehead atoms. The lowest BCUT2D eigenvalue weighted by Crippen LogP contribution is -2.30. The lowest BCUT2D eigenvalue weighted by Gasteiger charge is -2.07. The van der Waals surface area contributed by atoms with Gasteiger partial charge in [-0.05, 0) is 38.0 Å². The number of nitrogens with zero attached hydrogens (tertiary/aromatic N) is 2. The van der Waals surface area contributed by atoms with Gasteiger partial charge in [-0.2, -0.15) is 5.10 Å². The molecule has 1 aromatic carbocycles. The van der Waals surface area contributed by atoms with Gasteiger partial charge in [-0.15, -0.1) is 0 Å². The first-order chi connectivity index (χ1) is 11.4. The molecule has 0 aliphatic carbocycles. The van der Waals surface area contributed by atoms with Crippen LogP contribution in [-0.4, -0.2) is 34.8 Å². The van der Waals surface area contributed by atoms with Gasteiger partial charge in [0.05, 0.1) is 5.69 Å². The summed E-state index contributed by atoms with van der Waals surface area (Å²) in [4.78, 5) is 23.8. The summed E-state index contributed by atoms with van der Waals surface area (Å²) >= 11 is 0. The quantitative estimate of drug-likeness (QED) is 0.817. The highest BCUT2D eigenvalue weighted by Gasteiger charge is 2.19. The molecule has 0 atom stereocenters. The minimum Gasteiger partial charge on any atom is -0.452 e. The molecule has 0 spiro atoms.